The lowest BCUT2D eigenvalue weighted by atomic mass is 10.0. The number of halogens is 3. The quantitative estimate of drug-likeness (QED) is 0.450. The van der Waals surface area contributed by atoms with Gasteiger partial charge in [-0.15, -0.1) is 0 Å². The standard InChI is InChI=1S/C26H29F3N4O2/c1-4-31(2)24-22(25(35)32(3)15-10-16-34)33(18-19-11-6-5-7-12-19)23(30-24)21-14-9-8-13-20(21)17-26(27,28)29/h4-9,11-14,34H,1,10,15-18H2,2-3H3. The summed E-state index contributed by atoms with van der Waals surface area (Å²) in [5, 5.41) is 9.21. The molecule has 1 heterocycles. The summed E-state index contributed by atoms with van der Waals surface area (Å²) in [6.07, 6.45) is -3.64. The van der Waals surface area contributed by atoms with Gasteiger partial charge in [-0.1, -0.05) is 61.2 Å². The van der Waals surface area contributed by atoms with Crippen molar-refractivity contribution in [2.45, 2.75) is 25.6 Å². The third-order valence-corrected chi connectivity index (χ3v) is 5.59. The van der Waals surface area contributed by atoms with Gasteiger partial charge in [0.1, 0.15) is 5.82 Å². The van der Waals surface area contributed by atoms with Crippen molar-refractivity contribution in [2.75, 3.05) is 32.1 Å². The van der Waals surface area contributed by atoms with E-state index in [1.165, 1.54) is 17.2 Å². The van der Waals surface area contributed by atoms with Gasteiger partial charge in [0.2, 0.25) is 0 Å². The molecule has 0 saturated carbocycles. The van der Waals surface area contributed by atoms with Gasteiger partial charge < -0.3 is 19.5 Å². The number of amides is 1. The van der Waals surface area contributed by atoms with Gasteiger partial charge in [0.15, 0.2) is 11.5 Å². The van der Waals surface area contributed by atoms with Crippen LogP contribution in [0.15, 0.2) is 67.4 Å². The van der Waals surface area contributed by atoms with Gasteiger partial charge in [0.05, 0.1) is 6.42 Å². The molecule has 1 amide bonds. The highest BCUT2D eigenvalue weighted by Gasteiger charge is 2.32. The Kier molecular flexibility index (Phi) is 8.34. The molecule has 186 valence electrons. The van der Waals surface area contributed by atoms with Gasteiger partial charge in [0, 0.05) is 39.4 Å². The lowest BCUT2D eigenvalue weighted by Gasteiger charge is -2.21. The van der Waals surface area contributed by atoms with Crippen LogP contribution in [0.4, 0.5) is 19.0 Å². The Morgan fingerprint density at radius 1 is 1.11 bits per heavy atom. The lowest BCUT2D eigenvalue weighted by Crippen LogP contribution is -2.31. The average molecular weight is 487 g/mol. The SMILES string of the molecule is C=CN(C)c1nc(-c2ccccc2CC(F)(F)F)n(Cc2ccccc2)c1C(=O)N(C)CCCO. The van der Waals surface area contributed by atoms with Crippen LogP contribution in [0, 0.1) is 0 Å². The number of rotatable bonds is 10. The number of anilines is 1. The summed E-state index contributed by atoms with van der Waals surface area (Å²) in [6, 6.07) is 15.6. The molecule has 0 aliphatic carbocycles. The molecule has 0 fully saturated rings. The summed E-state index contributed by atoms with van der Waals surface area (Å²) >= 11 is 0. The van der Waals surface area contributed by atoms with E-state index in [4.69, 9.17) is 0 Å². The van der Waals surface area contributed by atoms with Crippen LogP contribution in [-0.4, -0.2) is 58.9 Å². The minimum atomic E-state index is -4.41. The Hall–Kier alpha value is -3.59. The molecule has 3 aromatic rings. The van der Waals surface area contributed by atoms with E-state index in [2.05, 4.69) is 11.6 Å². The highest BCUT2D eigenvalue weighted by molar-refractivity contribution is 5.98. The first-order valence-corrected chi connectivity index (χ1v) is 11.2. The van der Waals surface area contributed by atoms with Crippen molar-refractivity contribution >= 4 is 11.7 Å². The summed E-state index contributed by atoms with van der Waals surface area (Å²) in [6.45, 7) is 4.22. The molecule has 0 saturated heterocycles. The number of benzene rings is 2. The first kappa shape index (κ1) is 26.0. The number of imidazole rings is 1. The fraction of sp³-hybridized carbons (Fsp3) is 0.308. The van der Waals surface area contributed by atoms with E-state index in [-0.39, 0.29) is 42.0 Å². The predicted molar refractivity (Wildman–Crippen MR) is 130 cm³/mol. The monoisotopic (exact) mass is 486 g/mol. The van der Waals surface area contributed by atoms with Gasteiger partial charge in [0.25, 0.3) is 5.91 Å². The molecule has 0 bridgehead atoms. The molecule has 0 unspecified atom stereocenters. The van der Waals surface area contributed by atoms with Crippen molar-refractivity contribution in [1.82, 2.24) is 14.5 Å². The zero-order chi connectivity index (χ0) is 25.6. The number of carbonyl (C=O) groups excluding carboxylic acids is 1. The molecule has 35 heavy (non-hydrogen) atoms. The molecule has 1 aromatic heterocycles. The average Bonchev–Trinajstić information content (AvgIpc) is 3.20. The van der Waals surface area contributed by atoms with E-state index in [1.807, 2.05) is 30.3 Å². The van der Waals surface area contributed by atoms with Crippen LogP contribution in [0.25, 0.3) is 11.4 Å². The molecule has 3 rings (SSSR count). The van der Waals surface area contributed by atoms with Crippen molar-refractivity contribution in [1.29, 1.82) is 0 Å². The number of carbonyl (C=O) groups is 1. The Balaban J connectivity index is 2.27. The molecule has 0 aliphatic rings. The number of aliphatic hydroxyl groups is 1. The van der Waals surface area contributed by atoms with E-state index in [1.54, 1.807) is 41.8 Å². The topological polar surface area (TPSA) is 61.6 Å². The molecular formula is C26H29F3N4O2. The molecule has 0 aliphatic heterocycles. The van der Waals surface area contributed by atoms with Crippen LogP contribution in [-0.2, 0) is 13.0 Å². The second-order valence-corrected chi connectivity index (χ2v) is 8.23. The van der Waals surface area contributed by atoms with E-state index in [0.717, 1.165) is 5.56 Å². The van der Waals surface area contributed by atoms with Gasteiger partial charge >= 0.3 is 6.18 Å². The van der Waals surface area contributed by atoms with Gasteiger partial charge in [-0.05, 0) is 23.7 Å². The molecule has 0 radical (unpaired) electrons. The number of hydrogen-bond acceptors (Lipinski definition) is 4. The van der Waals surface area contributed by atoms with E-state index in [9.17, 15) is 23.1 Å². The van der Waals surface area contributed by atoms with Crippen molar-refractivity contribution in [3.05, 3.63) is 84.2 Å². The van der Waals surface area contributed by atoms with Gasteiger partial charge in [-0.3, -0.25) is 4.79 Å². The van der Waals surface area contributed by atoms with Gasteiger partial charge in [-0.25, -0.2) is 4.98 Å². The minimum Gasteiger partial charge on any atom is -0.396 e. The number of aromatic nitrogens is 2. The normalized spacial score (nSPS) is 11.4. The number of alkyl halides is 3. The lowest BCUT2D eigenvalue weighted by molar-refractivity contribution is -0.127. The van der Waals surface area contributed by atoms with E-state index >= 15 is 0 Å². The zero-order valence-electron chi connectivity index (χ0n) is 19.8. The van der Waals surface area contributed by atoms with E-state index < -0.39 is 12.6 Å². The summed E-state index contributed by atoms with van der Waals surface area (Å²) < 4.78 is 41.8. The Labute approximate surface area is 202 Å². The summed E-state index contributed by atoms with van der Waals surface area (Å²) in [5.74, 6) is 0.190. The smallest absolute Gasteiger partial charge is 0.393 e. The third-order valence-electron chi connectivity index (χ3n) is 5.59. The molecular weight excluding hydrogens is 457 g/mol. The molecule has 0 atom stereocenters. The van der Waals surface area contributed by atoms with Crippen LogP contribution in [0.1, 0.15) is 28.0 Å². The van der Waals surface area contributed by atoms with Crippen LogP contribution in [0.2, 0.25) is 0 Å². The van der Waals surface area contributed by atoms with Crippen molar-refractivity contribution in [2.24, 2.45) is 0 Å². The maximum absolute atomic E-state index is 13.6. The highest BCUT2D eigenvalue weighted by atomic mass is 19.4. The number of aliphatic hydroxyl groups excluding tert-OH is 1. The Bertz CT molecular complexity index is 1160. The summed E-state index contributed by atoms with van der Waals surface area (Å²) in [4.78, 5) is 21.3. The molecule has 9 heteroatoms. The molecule has 2 aromatic carbocycles. The van der Waals surface area contributed by atoms with Crippen LogP contribution >= 0.6 is 0 Å². The molecule has 1 N–H and O–H groups in total. The zero-order valence-corrected chi connectivity index (χ0v) is 19.8. The van der Waals surface area contributed by atoms with Gasteiger partial charge in [-0.2, -0.15) is 13.2 Å². The third kappa shape index (κ3) is 6.30. The van der Waals surface area contributed by atoms with Crippen LogP contribution < -0.4 is 4.90 Å². The fourth-order valence-corrected chi connectivity index (χ4v) is 3.81. The fourth-order valence-electron chi connectivity index (χ4n) is 3.81. The van der Waals surface area contributed by atoms with Crippen molar-refractivity contribution < 1.29 is 23.1 Å². The highest BCUT2D eigenvalue weighted by Crippen LogP contribution is 2.34. The van der Waals surface area contributed by atoms with Crippen LogP contribution in [0.3, 0.4) is 0 Å². The number of hydrogen-bond donors (Lipinski definition) is 1. The minimum absolute atomic E-state index is 0.0692. The first-order chi connectivity index (χ1) is 16.7. The number of nitrogens with zero attached hydrogens (tertiary/aromatic N) is 4. The summed E-state index contributed by atoms with van der Waals surface area (Å²) in [5.41, 5.74) is 1.46. The molecule has 6 nitrogen and oxygen atoms in total. The largest absolute Gasteiger partial charge is 0.396 e. The second-order valence-electron chi connectivity index (χ2n) is 8.23. The maximum Gasteiger partial charge on any atom is 0.393 e. The first-order valence-electron chi connectivity index (χ1n) is 11.2. The maximum atomic E-state index is 13.6. The van der Waals surface area contributed by atoms with Crippen molar-refractivity contribution in [3.63, 3.8) is 0 Å². The Morgan fingerprint density at radius 2 is 1.77 bits per heavy atom. The van der Waals surface area contributed by atoms with E-state index in [0.29, 0.717) is 18.5 Å². The Morgan fingerprint density at radius 3 is 2.40 bits per heavy atom. The summed E-state index contributed by atoms with van der Waals surface area (Å²) in [7, 11) is 3.30. The van der Waals surface area contributed by atoms with Crippen LogP contribution in [0.5, 0.6) is 0 Å². The second kappa shape index (κ2) is 11.2. The molecule has 0 spiro atoms. The predicted octanol–water partition coefficient (Wildman–Crippen LogP) is 4.74. The van der Waals surface area contributed by atoms with Crippen molar-refractivity contribution in [3.8, 4) is 11.4 Å².